The number of aldehydes is 1. The normalized spacial score (nSPS) is 37.9. The summed E-state index contributed by atoms with van der Waals surface area (Å²) in [6, 6.07) is 0. The smallest absolute Gasteiger partial charge is 0.169 e. The molecule has 1 heterocycles. The van der Waals surface area contributed by atoms with Crippen molar-refractivity contribution in [1.29, 1.82) is 0 Å². The highest BCUT2D eigenvalue weighted by Crippen LogP contribution is 2.39. The predicted molar refractivity (Wildman–Crippen MR) is 47.3 cm³/mol. The van der Waals surface area contributed by atoms with Gasteiger partial charge in [-0.05, 0) is 19.8 Å². The van der Waals surface area contributed by atoms with E-state index in [9.17, 15) is 4.79 Å². The molecule has 3 nitrogen and oxygen atoms in total. The first kappa shape index (κ1) is 9.16. The fourth-order valence-electron chi connectivity index (χ4n) is 2.24. The molecule has 0 radical (unpaired) electrons. The molecule has 1 spiro atoms. The van der Waals surface area contributed by atoms with Gasteiger partial charge in [-0.3, -0.25) is 0 Å². The molecule has 1 saturated heterocycles. The number of hydrogen-bond acceptors (Lipinski definition) is 3. The number of carbonyl (C=O) groups excluding carboxylic acids is 1. The minimum Gasteiger partial charge on any atom is -0.344 e. The summed E-state index contributed by atoms with van der Waals surface area (Å²) in [5.74, 6) is -0.413. The molecule has 2 fully saturated rings. The van der Waals surface area contributed by atoms with Crippen LogP contribution in [0.2, 0.25) is 0 Å². The van der Waals surface area contributed by atoms with E-state index in [0.717, 1.165) is 32.0 Å². The van der Waals surface area contributed by atoms with Gasteiger partial charge < -0.3 is 14.3 Å². The molecule has 13 heavy (non-hydrogen) atoms. The molecule has 74 valence electrons. The summed E-state index contributed by atoms with van der Waals surface area (Å²) in [6.45, 7) is 1.91. The Kier molecular flexibility index (Phi) is 2.39. The maximum atomic E-state index is 10.6. The molecular weight excluding hydrogens is 168 g/mol. The Morgan fingerprint density at radius 2 is 1.92 bits per heavy atom. The number of carbonyl (C=O) groups is 1. The quantitative estimate of drug-likeness (QED) is 0.581. The lowest BCUT2D eigenvalue weighted by atomic mass is 9.94. The molecule has 0 aromatic heterocycles. The topological polar surface area (TPSA) is 35.5 Å². The van der Waals surface area contributed by atoms with Crippen molar-refractivity contribution >= 4 is 6.29 Å². The highest BCUT2D eigenvalue weighted by molar-refractivity contribution is 5.57. The van der Waals surface area contributed by atoms with Crippen LogP contribution in [-0.4, -0.2) is 24.3 Å². The largest absolute Gasteiger partial charge is 0.344 e. The van der Waals surface area contributed by atoms with Gasteiger partial charge in [0.05, 0.1) is 6.10 Å². The van der Waals surface area contributed by atoms with Gasteiger partial charge in [0.15, 0.2) is 12.1 Å². The summed E-state index contributed by atoms with van der Waals surface area (Å²) in [5, 5.41) is 0. The minimum absolute atomic E-state index is 0.0735. The van der Waals surface area contributed by atoms with Crippen LogP contribution in [0.3, 0.4) is 0 Å². The zero-order chi connectivity index (χ0) is 9.31. The van der Waals surface area contributed by atoms with Gasteiger partial charge in [-0.1, -0.05) is 6.42 Å². The van der Waals surface area contributed by atoms with Crippen LogP contribution in [-0.2, 0) is 14.3 Å². The van der Waals surface area contributed by atoms with Crippen molar-refractivity contribution in [3.8, 4) is 0 Å². The summed E-state index contributed by atoms with van der Waals surface area (Å²) in [6.07, 6.45) is 5.89. The van der Waals surface area contributed by atoms with Crippen LogP contribution in [0.25, 0.3) is 0 Å². The van der Waals surface area contributed by atoms with E-state index < -0.39 is 5.79 Å². The monoisotopic (exact) mass is 184 g/mol. The van der Waals surface area contributed by atoms with Crippen molar-refractivity contribution in [3.63, 3.8) is 0 Å². The number of rotatable bonds is 1. The van der Waals surface area contributed by atoms with Crippen molar-refractivity contribution in [2.45, 2.75) is 57.0 Å². The number of ether oxygens (including phenoxy) is 2. The molecule has 1 saturated carbocycles. The Labute approximate surface area is 78.4 Å². The first-order chi connectivity index (χ1) is 6.26. The lowest BCUT2D eigenvalue weighted by molar-refractivity contribution is -0.192. The molecule has 3 heteroatoms. The van der Waals surface area contributed by atoms with E-state index in [1.54, 1.807) is 0 Å². The molecule has 0 bridgehead atoms. The van der Waals surface area contributed by atoms with E-state index in [2.05, 4.69) is 0 Å². The third-order valence-electron chi connectivity index (χ3n) is 2.96. The van der Waals surface area contributed by atoms with Crippen molar-refractivity contribution in [2.75, 3.05) is 0 Å². The van der Waals surface area contributed by atoms with Crippen molar-refractivity contribution in [2.24, 2.45) is 0 Å². The van der Waals surface area contributed by atoms with Crippen LogP contribution >= 0.6 is 0 Å². The third kappa shape index (κ3) is 1.63. The molecule has 2 aliphatic rings. The molecule has 0 N–H and O–H groups in total. The van der Waals surface area contributed by atoms with Gasteiger partial charge >= 0.3 is 0 Å². The SMILES string of the molecule is C[C@@H]1OC2(CCCCC2)OC1C=O. The minimum atomic E-state index is -0.413. The van der Waals surface area contributed by atoms with E-state index >= 15 is 0 Å². The fourth-order valence-corrected chi connectivity index (χ4v) is 2.24. The lowest BCUT2D eigenvalue weighted by Crippen LogP contribution is -2.33. The number of hydrogen-bond donors (Lipinski definition) is 0. The third-order valence-corrected chi connectivity index (χ3v) is 2.96. The highest BCUT2D eigenvalue weighted by atomic mass is 16.8. The second kappa shape index (κ2) is 3.39. The van der Waals surface area contributed by atoms with Gasteiger partial charge in [0.25, 0.3) is 0 Å². The van der Waals surface area contributed by atoms with E-state index in [0.29, 0.717) is 0 Å². The summed E-state index contributed by atoms with van der Waals surface area (Å²) in [7, 11) is 0. The van der Waals surface area contributed by atoms with Crippen LogP contribution < -0.4 is 0 Å². The van der Waals surface area contributed by atoms with Crippen LogP contribution in [0.4, 0.5) is 0 Å². The molecular formula is C10H16O3. The Balaban J connectivity index is 2.04. The Morgan fingerprint density at radius 3 is 2.46 bits per heavy atom. The standard InChI is InChI=1S/C10H16O3/c1-8-9(7-11)13-10(12-8)5-3-2-4-6-10/h7-9H,2-6H2,1H3/t8-,9?/m0/s1. The van der Waals surface area contributed by atoms with Crippen LogP contribution in [0, 0.1) is 0 Å². The molecule has 2 rings (SSSR count). The van der Waals surface area contributed by atoms with Gasteiger partial charge in [-0.2, -0.15) is 0 Å². The molecule has 0 amide bonds. The average Bonchev–Trinajstić information content (AvgIpc) is 2.44. The molecule has 1 unspecified atom stereocenters. The summed E-state index contributed by atoms with van der Waals surface area (Å²) in [4.78, 5) is 10.6. The first-order valence-electron chi connectivity index (χ1n) is 5.07. The van der Waals surface area contributed by atoms with E-state index in [-0.39, 0.29) is 12.2 Å². The maximum absolute atomic E-state index is 10.6. The van der Waals surface area contributed by atoms with Crippen LogP contribution in [0.5, 0.6) is 0 Å². The lowest BCUT2D eigenvalue weighted by Gasteiger charge is -2.31. The Bertz CT molecular complexity index is 196. The van der Waals surface area contributed by atoms with Crippen molar-refractivity contribution in [1.82, 2.24) is 0 Å². The van der Waals surface area contributed by atoms with E-state index in [1.807, 2.05) is 6.92 Å². The average molecular weight is 184 g/mol. The second-order valence-corrected chi connectivity index (χ2v) is 4.01. The summed E-state index contributed by atoms with van der Waals surface area (Å²) >= 11 is 0. The molecule has 1 aliphatic carbocycles. The summed E-state index contributed by atoms with van der Waals surface area (Å²) < 4.78 is 11.4. The zero-order valence-electron chi connectivity index (χ0n) is 7.99. The van der Waals surface area contributed by atoms with Gasteiger partial charge in [0.1, 0.15) is 6.10 Å². The first-order valence-corrected chi connectivity index (χ1v) is 5.07. The highest BCUT2D eigenvalue weighted by Gasteiger charge is 2.45. The fraction of sp³-hybridized carbons (Fsp3) is 0.900. The van der Waals surface area contributed by atoms with E-state index in [1.165, 1.54) is 6.42 Å². The van der Waals surface area contributed by atoms with Crippen LogP contribution in [0.15, 0.2) is 0 Å². The predicted octanol–water partition coefficient (Wildman–Crippen LogP) is 1.65. The maximum Gasteiger partial charge on any atom is 0.169 e. The second-order valence-electron chi connectivity index (χ2n) is 4.01. The van der Waals surface area contributed by atoms with E-state index in [4.69, 9.17) is 9.47 Å². The van der Waals surface area contributed by atoms with Gasteiger partial charge in [0.2, 0.25) is 0 Å². The van der Waals surface area contributed by atoms with Gasteiger partial charge in [-0.25, -0.2) is 0 Å². The molecule has 2 atom stereocenters. The summed E-state index contributed by atoms with van der Waals surface area (Å²) in [5.41, 5.74) is 0. The Morgan fingerprint density at radius 1 is 1.23 bits per heavy atom. The molecule has 1 aliphatic heterocycles. The van der Waals surface area contributed by atoms with Gasteiger partial charge in [0, 0.05) is 12.8 Å². The van der Waals surface area contributed by atoms with Gasteiger partial charge in [-0.15, -0.1) is 0 Å². The molecule has 0 aromatic carbocycles. The van der Waals surface area contributed by atoms with Crippen molar-refractivity contribution < 1.29 is 14.3 Å². The van der Waals surface area contributed by atoms with Crippen molar-refractivity contribution in [3.05, 3.63) is 0 Å². The molecule has 0 aromatic rings. The van der Waals surface area contributed by atoms with Crippen LogP contribution in [0.1, 0.15) is 39.0 Å². The zero-order valence-corrected chi connectivity index (χ0v) is 7.99. The Hall–Kier alpha value is -0.410.